The number of pyridine rings is 1. The first kappa shape index (κ1) is 18.5. The Hall–Kier alpha value is -2.87. The number of rotatable bonds is 3. The van der Waals surface area contributed by atoms with Gasteiger partial charge in [0, 0.05) is 26.2 Å². The summed E-state index contributed by atoms with van der Waals surface area (Å²) in [4.78, 5) is 21.8. The van der Waals surface area contributed by atoms with Crippen LogP contribution in [0.4, 0.5) is 5.82 Å². The Morgan fingerprint density at radius 1 is 1.14 bits per heavy atom. The number of amides is 1. The summed E-state index contributed by atoms with van der Waals surface area (Å²) >= 11 is 0. The lowest BCUT2D eigenvalue weighted by molar-refractivity contribution is -0.140. The van der Waals surface area contributed by atoms with Crippen LogP contribution in [0.1, 0.15) is 43.4 Å². The van der Waals surface area contributed by atoms with Gasteiger partial charge in [-0.15, -0.1) is 0 Å². The molecule has 5 nitrogen and oxygen atoms in total. The molecule has 1 atom stereocenters. The van der Waals surface area contributed by atoms with Crippen LogP contribution in [0.5, 0.6) is 0 Å². The molecule has 0 unspecified atom stereocenters. The van der Waals surface area contributed by atoms with E-state index in [1.54, 1.807) is 6.07 Å². The van der Waals surface area contributed by atoms with Gasteiger partial charge in [-0.05, 0) is 49.3 Å². The van der Waals surface area contributed by atoms with E-state index in [4.69, 9.17) is 5.26 Å². The molecule has 144 valence electrons. The molecule has 28 heavy (non-hydrogen) atoms. The lowest BCUT2D eigenvalue weighted by Crippen LogP contribution is -2.54. The second kappa shape index (κ2) is 7.63. The van der Waals surface area contributed by atoms with E-state index in [0.717, 1.165) is 56.8 Å². The summed E-state index contributed by atoms with van der Waals surface area (Å²) in [5.41, 5.74) is 1.76. The predicted molar refractivity (Wildman–Crippen MR) is 109 cm³/mol. The number of hydrogen-bond donors (Lipinski definition) is 0. The third kappa shape index (κ3) is 3.47. The molecule has 2 saturated heterocycles. The Morgan fingerprint density at radius 3 is 2.57 bits per heavy atom. The van der Waals surface area contributed by atoms with Crippen LogP contribution in [0, 0.1) is 16.7 Å². The second-order valence-electron chi connectivity index (χ2n) is 8.00. The highest BCUT2D eigenvalue weighted by molar-refractivity contribution is 5.84. The third-order valence-corrected chi connectivity index (χ3v) is 6.35. The van der Waals surface area contributed by atoms with E-state index in [-0.39, 0.29) is 17.2 Å². The van der Waals surface area contributed by atoms with Crippen molar-refractivity contribution in [2.45, 2.75) is 32.1 Å². The maximum Gasteiger partial charge on any atom is 0.230 e. The molecule has 4 rings (SSSR count). The molecule has 1 spiro atoms. The molecule has 0 N–H and O–H groups in total. The molecule has 3 heterocycles. The first-order valence-electron chi connectivity index (χ1n) is 10.1. The van der Waals surface area contributed by atoms with E-state index >= 15 is 0 Å². The molecule has 0 radical (unpaired) electrons. The number of carbonyl (C=O) groups excluding carboxylic acids is 1. The van der Waals surface area contributed by atoms with Crippen LogP contribution in [0.15, 0.2) is 48.5 Å². The summed E-state index contributed by atoms with van der Waals surface area (Å²) in [6.45, 7) is 5.51. The molecular weight excluding hydrogens is 348 g/mol. The molecule has 1 aromatic carbocycles. The molecule has 1 amide bonds. The van der Waals surface area contributed by atoms with E-state index in [1.165, 1.54) is 0 Å². The molecule has 0 saturated carbocycles. The van der Waals surface area contributed by atoms with Crippen molar-refractivity contribution in [1.29, 1.82) is 5.26 Å². The summed E-state index contributed by atoms with van der Waals surface area (Å²) in [5, 5.41) is 9.11. The molecule has 2 aliphatic rings. The van der Waals surface area contributed by atoms with Crippen LogP contribution in [0.3, 0.4) is 0 Å². The van der Waals surface area contributed by atoms with E-state index in [2.05, 4.69) is 35.0 Å². The summed E-state index contributed by atoms with van der Waals surface area (Å²) < 4.78 is 0. The summed E-state index contributed by atoms with van der Waals surface area (Å²) in [6.07, 6.45) is 3.00. The van der Waals surface area contributed by atoms with E-state index < -0.39 is 0 Å². The molecule has 2 fully saturated rings. The standard InChI is InChI=1S/C23H26N4O/c1-2-26-17-23(15-20(22(26)28)18-7-4-3-5-8-18)11-13-27(14-12-23)21-10-6-9-19(16-24)25-21/h3-10,20H,2,11-15,17H2,1H3/t20-/m0/s1. The van der Waals surface area contributed by atoms with Gasteiger partial charge in [0.1, 0.15) is 17.6 Å². The smallest absolute Gasteiger partial charge is 0.230 e. The van der Waals surface area contributed by atoms with Gasteiger partial charge in [0.2, 0.25) is 5.91 Å². The Balaban J connectivity index is 1.53. The number of carbonyl (C=O) groups is 1. The van der Waals surface area contributed by atoms with Crippen molar-refractivity contribution in [3.05, 3.63) is 59.8 Å². The van der Waals surface area contributed by atoms with Gasteiger partial charge in [-0.1, -0.05) is 36.4 Å². The summed E-state index contributed by atoms with van der Waals surface area (Å²) in [6, 6.07) is 18.0. The summed E-state index contributed by atoms with van der Waals surface area (Å²) in [5.74, 6) is 1.11. The van der Waals surface area contributed by atoms with Gasteiger partial charge < -0.3 is 9.80 Å². The van der Waals surface area contributed by atoms with Crippen molar-refractivity contribution in [3.63, 3.8) is 0 Å². The van der Waals surface area contributed by atoms with Crippen LogP contribution in [0.2, 0.25) is 0 Å². The maximum atomic E-state index is 13.0. The zero-order chi connectivity index (χ0) is 19.6. The van der Waals surface area contributed by atoms with Gasteiger partial charge >= 0.3 is 0 Å². The van der Waals surface area contributed by atoms with Gasteiger partial charge in [0.05, 0.1) is 5.92 Å². The normalized spacial score (nSPS) is 21.6. The highest BCUT2D eigenvalue weighted by atomic mass is 16.2. The average Bonchev–Trinajstić information content (AvgIpc) is 2.76. The van der Waals surface area contributed by atoms with Crippen molar-refractivity contribution >= 4 is 11.7 Å². The number of hydrogen-bond acceptors (Lipinski definition) is 4. The Morgan fingerprint density at radius 2 is 1.89 bits per heavy atom. The lowest BCUT2D eigenvalue weighted by Gasteiger charge is -2.50. The van der Waals surface area contributed by atoms with Crippen molar-refractivity contribution in [1.82, 2.24) is 9.88 Å². The first-order valence-corrected chi connectivity index (χ1v) is 10.1. The van der Waals surface area contributed by atoms with Crippen LogP contribution in [-0.4, -0.2) is 42.0 Å². The maximum absolute atomic E-state index is 13.0. The predicted octanol–water partition coefficient (Wildman–Crippen LogP) is 3.58. The first-order chi connectivity index (χ1) is 13.6. The van der Waals surface area contributed by atoms with Crippen LogP contribution in [0.25, 0.3) is 0 Å². The number of benzene rings is 1. The van der Waals surface area contributed by atoms with Crippen LogP contribution >= 0.6 is 0 Å². The quantitative estimate of drug-likeness (QED) is 0.824. The monoisotopic (exact) mass is 374 g/mol. The number of nitrogens with zero attached hydrogens (tertiary/aromatic N) is 4. The second-order valence-corrected chi connectivity index (χ2v) is 8.00. The topological polar surface area (TPSA) is 60.2 Å². The largest absolute Gasteiger partial charge is 0.357 e. The molecular formula is C23H26N4O. The van der Waals surface area contributed by atoms with E-state index in [0.29, 0.717) is 5.69 Å². The fourth-order valence-electron chi connectivity index (χ4n) is 4.74. The molecule has 0 aliphatic carbocycles. The van der Waals surface area contributed by atoms with Crippen LogP contribution < -0.4 is 4.90 Å². The zero-order valence-corrected chi connectivity index (χ0v) is 16.3. The number of nitriles is 1. The zero-order valence-electron chi connectivity index (χ0n) is 16.3. The van der Waals surface area contributed by atoms with Gasteiger partial charge in [-0.3, -0.25) is 4.79 Å². The SMILES string of the molecule is CCN1CC2(CCN(c3cccc(C#N)n3)CC2)C[C@@H](c2ccccc2)C1=O. The van der Waals surface area contributed by atoms with Crippen molar-refractivity contribution in [3.8, 4) is 6.07 Å². The highest BCUT2D eigenvalue weighted by Crippen LogP contribution is 2.46. The number of aromatic nitrogens is 1. The van der Waals surface area contributed by atoms with E-state index in [9.17, 15) is 4.79 Å². The third-order valence-electron chi connectivity index (χ3n) is 6.35. The van der Waals surface area contributed by atoms with Crippen molar-refractivity contribution in [2.75, 3.05) is 31.1 Å². The fourth-order valence-corrected chi connectivity index (χ4v) is 4.74. The minimum atomic E-state index is -0.0403. The van der Waals surface area contributed by atoms with Gasteiger partial charge in [-0.2, -0.15) is 5.26 Å². The number of likely N-dealkylation sites (N-methyl/N-ethyl adjacent to an activating group) is 1. The molecule has 1 aromatic heterocycles. The fraction of sp³-hybridized carbons (Fsp3) is 0.435. The lowest BCUT2D eigenvalue weighted by atomic mass is 9.67. The van der Waals surface area contributed by atoms with Gasteiger partial charge in [-0.25, -0.2) is 4.98 Å². The van der Waals surface area contributed by atoms with Crippen molar-refractivity contribution < 1.29 is 4.79 Å². The van der Waals surface area contributed by atoms with Crippen LogP contribution in [-0.2, 0) is 4.79 Å². The molecule has 5 heteroatoms. The van der Waals surface area contributed by atoms with Gasteiger partial charge in [0.15, 0.2) is 0 Å². The Bertz CT molecular complexity index is 881. The summed E-state index contributed by atoms with van der Waals surface area (Å²) in [7, 11) is 0. The number of piperidine rings is 2. The van der Waals surface area contributed by atoms with Crippen molar-refractivity contribution in [2.24, 2.45) is 5.41 Å². The van der Waals surface area contributed by atoms with Gasteiger partial charge in [0.25, 0.3) is 0 Å². The highest BCUT2D eigenvalue weighted by Gasteiger charge is 2.45. The molecule has 0 bridgehead atoms. The van der Waals surface area contributed by atoms with E-state index in [1.807, 2.05) is 35.2 Å². The minimum Gasteiger partial charge on any atom is -0.357 e. The Labute approximate surface area is 166 Å². The minimum absolute atomic E-state index is 0.0403. The molecule has 2 aliphatic heterocycles. The number of likely N-dealkylation sites (tertiary alicyclic amines) is 1. The molecule has 2 aromatic rings. The number of anilines is 1. The Kier molecular flexibility index (Phi) is 5.04. The average molecular weight is 374 g/mol.